The van der Waals surface area contributed by atoms with E-state index < -0.39 is 0 Å². The van der Waals surface area contributed by atoms with E-state index in [2.05, 4.69) is 5.32 Å². The number of rotatable bonds is 3. The first-order valence-electron chi connectivity index (χ1n) is 5.83. The zero-order valence-corrected chi connectivity index (χ0v) is 10.2. The van der Waals surface area contributed by atoms with Gasteiger partial charge in [-0.15, -0.1) is 0 Å². The quantitative estimate of drug-likeness (QED) is 0.780. The van der Waals surface area contributed by atoms with Crippen molar-refractivity contribution in [1.82, 2.24) is 10.2 Å². The fourth-order valence-corrected chi connectivity index (χ4v) is 3.59. The Bertz CT molecular complexity index is 223. The van der Waals surface area contributed by atoms with E-state index in [1.54, 1.807) is 0 Å². The molecular formula is C11H20N2OS. The van der Waals surface area contributed by atoms with Gasteiger partial charge in [0.15, 0.2) is 0 Å². The lowest BCUT2D eigenvalue weighted by Gasteiger charge is -2.23. The number of carbonyl (C=O) groups is 1. The molecule has 2 aliphatic heterocycles. The van der Waals surface area contributed by atoms with Crippen molar-refractivity contribution < 1.29 is 4.79 Å². The van der Waals surface area contributed by atoms with Crippen LogP contribution in [0.4, 0.5) is 0 Å². The SMILES string of the molecule is CN(CC1CCCN1)C(=O)C1CCSC1. The summed E-state index contributed by atoms with van der Waals surface area (Å²) in [4.78, 5) is 13.9. The van der Waals surface area contributed by atoms with Gasteiger partial charge in [-0.1, -0.05) is 0 Å². The predicted molar refractivity (Wildman–Crippen MR) is 64.1 cm³/mol. The maximum atomic E-state index is 12.0. The average Bonchev–Trinajstić information content (AvgIpc) is 2.88. The van der Waals surface area contributed by atoms with Crippen LogP contribution in [0.2, 0.25) is 0 Å². The van der Waals surface area contributed by atoms with Gasteiger partial charge in [-0.25, -0.2) is 0 Å². The molecule has 0 radical (unpaired) electrons. The van der Waals surface area contributed by atoms with Gasteiger partial charge in [0.25, 0.3) is 0 Å². The van der Waals surface area contributed by atoms with Crippen molar-refractivity contribution in [3.05, 3.63) is 0 Å². The fraction of sp³-hybridized carbons (Fsp3) is 0.909. The van der Waals surface area contributed by atoms with Gasteiger partial charge >= 0.3 is 0 Å². The summed E-state index contributed by atoms with van der Waals surface area (Å²) < 4.78 is 0. The van der Waals surface area contributed by atoms with Gasteiger partial charge in [0.1, 0.15) is 0 Å². The number of nitrogens with one attached hydrogen (secondary N) is 1. The number of likely N-dealkylation sites (N-methyl/N-ethyl adjacent to an activating group) is 1. The number of carbonyl (C=O) groups excluding carboxylic acids is 1. The number of amides is 1. The lowest BCUT2D eigenvalue weighted by atomic mass is 10.1. The Balaban J connectivity index is 1.78. The highest BCUT2D eigenvalue weighted by molar-refractivity contribution is 7.99. The van der Waals surface area contributed by atoms with Crippen LogP contribution in [0.25, 0.3) is 0 Å². The molecule has 2 aliphatic rings. The molecule has 0 aromatic heterocycles. The minimum atomic E-state index is 0.293. The van der Waals surface area contributed by atoms with Gasteiger partial charge in [-0.3, -0.25) is 4.79 Å². The summed E-state index contributed by atoms with van der Waals surface area (Å²) in [6.07, 6.45) is 3.55. The zero-order chi connectivity index (χ0) is 10.7. The summed E-state index contributed by atoms with van der Waals surface area (Å²) in [7, 11) is 1.95. The third kappa shape index (κ3) is 2.88. The normalized spacial score (nSPS) is 30.7. The predicted octanol–water partition coefficient (Wildman–Crippen LogP) is 0.950. The smallest absolute Gasteiger partial charge is 0.226 e. The molecule has 2 heterocycles. The van der Waals surface area contributed by atoms with Crippen molar-refractivity contribution in [2.24, 2.45) is 5.92 Å². The molecule has 86 valence electrons. The first-order chi connectivity index (χ1) is 7.27. The minimum absolute atomic E-state index is 0.293. The van der Waals surface area contributed by atoms with Crippen LogP contribution >= 0.6 is 11.8 Å². The summed E-state index contributed by atoms with van der Waals surface area (Å²) in [6, 6.07) is 0.535. The zero-order valence-electron chi connectivity index (χ0n) is 9.37. The number of hydrogen-bond donors (Lipinski definition) is 1. The van der Waals surface area contributed by atoms with E-state index in [1.165, 1.54) is 12.8 Å². The van der Waals surface area contributed by atoms with Gasteiger partial charge < -0.3 is 10.2 Å². The van der Waals surface area contributed by atoms with Crippen LogP contribution < -0.4 is 5.32 Å². The van der Waals surface area contributed by atoms with Crippen LogP contribution in [0.3, 0.4) is 0 Å². The summed E-state index contributed by atoms with van der Waals surface area (Å²) in [5, 5.41) is 3.43. The summed E-state index contributed by atoms with van der Waals surface area (Å²) in [5.41, 5.74) is 0. The van der Waals surface area contributed by atoms with E-state index in [0.717, 1.165) is 31.0 Å². The third-order valence-electron chi connectivity index (χ3n) is 3.31. The van der Waals surface area contributed by atoms with Crippen molar-refractivity contribution in [2.45, 2.75) is 25.3 Å². The molecule has 2 rings (SSSR count). The minimum Gasteiger partial charge on any atom is -0.344 e. The fourth-order valence-electron chi connectivity index (χ4n) is 2.37. The second kappa shape index (κ2) is 5.21. The molecule has 3 nitrogen and oxygen atoms in total. The molecule has 0 aromatic carbocycles. The Morgan fingerprint density at radius 1 is 1.53 bits per heavy atom. The molecule has 2 saturated heterocycles. The molecule has 0 aromatic rings. The first-order valence-corrected chi connectivity index (χ1v) is 6.99. The van der Waals surface area contributed by atoms with E-state index in [0.29, 0.717) is 17.9 Å². The van der Waals surface area contributed by atoms with Crippen LogP contribution in [0.15, 0.2) is 0 Å². The van der Waals surface area contributed by atoms with Crippen LogP contribution in [0, 0.1) is 5.92 Å². The molecule has 15 heavy (non-hydrogen) atoms. The van der Waals surface area contributed by atoms with Crippen molar-refractivity contribution in [2.75, 3.05) is 31.6 Å². The number of hydrogen-bond acceptors (Lipinski definition) is 3. The van der Waals surface area contributed by atoms with E-state index in [1.807, 2.05) is 23.7 Å². The molecule has 2 fully saturated rings. The van der Waals surface area contributed by atoms with Crippen LogP contribution in [0.1, 0.15) is 19.3 Å². The number of nitrogens with zero attached hydrogens (tertiary/aromatic N) is 1. The third-order valence-corrected chi connectivity index (χ3v) is 4.47. The van der Waals surface area contributed by atoms with Crippen molar-refractivity contribution in [1.29, 1.82) is 0 Å². The van der Waals surface area contributed by atoms with Crippen molar-refractivity contribution in [3.63, 3.8) is 0 Å². The Labute approximate surface area is 96.0 Å². The maximum Gasteiger partial charge on any atom is 0.226 e. The molecule has 4 heteroatoms. The van der Waals surface area contributed by atoms with Crippen molar-refractivity contribution >= 4 is 17.7 Å². The summed E-state index contributed by atoms with van der Waals surface area (Å²) in [5.74, 6) is 2.84. The Hall–Kier alpha value is -0.220. The molecule has 0 bridgehead atoms. The monoisotopic (exact) mass is 228 g/mol. The molecular weight excluding hydrogens is 208 g/mol. The lowest BCUT2D eigenvalue weighted by Crippen LogP contribution is -2.41. The van der Waals surface area contributed by atoms with Gasteiger partial charge in [0, 0.05) is 31.3 Å². The highest BCUT2D eigenvalue weighted by atomic mass is 32.2. The lowest BCUT2D eigenvalue weighted by molar-refractivity contribution is -0.133. The van der Waals surface area contributed by atoms with E-state index in [-0.39, 0.29) is 0 Å². The van der Waals surface area contributed by atoms with Crippen molar-refractivity contribution in [3.8, 4) is 0 Å². The standard InChI is InChI=1S/C11H20N2OS/c1-13(7-10-3-2-5-12-10)11(14)9-4-6-15-8-9/h9-10,12H,2-8H2,1H3. The highest BCUT2D eigenvalue weighted by Crippen LogP contribution is 2.25. The Morgan fingerprint density at radius 3 is 3.00 bits per heavy atom. The van der Waals surface area contributed by atoms with Crippen LogP contribution in [0.5, 0.6) is 0 Å². The first kappa shape index (κ1) is 11.3. The summed E-state index contributed by atoms with van der Waals surface area (Å²) in [6.45, 7) is 2.01. The molecule has 1 N–H and O–H groups in total. The molecule has 0 saturated carbocycles. The van der Waals surface area contributed by atoms with Gasteiger partial charge in [-0.2, -0.15) is 11.8 Å². The summed E-state index contributed by atoms with van der Waals surface area (Å²) >= 11 is 1.91. The van der Waals surface area contributed by atoms with E-state index >= 15 is 0 Å². The molecule has 1 amide bonds. The topological polar surface area (TPSA) is 32.3 Å². The second-order valence-corrected chi connectivity index (χ2v) is 5.72. The second-order valence-electron chi connectivity index (χ2n) is 4.57. The maximum absolute atomic E-state index is 12.0. The van der Waals surface area contributed by atoms with Crippen LogP contribution in [-0.2, 0) is 4.79 Å². The van der Waals surface area contributed by atoms with Crippen LogP contribution in [-0.4, -0.2) is 48.5 Å². The van der Waals surface area contributed by atoms with Gasteiger partial charge in [-0.05, 0) is 31.6 Å². The molecule has 0 spiro atoms. The molecule has 2 atom stereocenters. The highest BCUT2D eigenvalue weighted by Gasteiger charge is 2.27. The van der Waals surface area contributed by atoms with Gasteiger partial charge in [0.05, 0.1) is 0 Å². The van der Waals surface area contributed by atoms with Gasteiger partial charge in [0.2, 0.25) is 5.91 Å². The average molecular weight is 228 g/mol. The largest absolute Gasteiger partial charge is 0.344 e. The molecule has 0 aliphatic carbocycles. The van der Waals surface area contributed by atoms with E-state index in [9.17, 15) is 4.79 Å². The number of thioether (sulfide) groups is 1. The van der Waals surface area contributed by atoms with E-state index in [4.69, 9.17) is 0 Å². The Morgan fingerprint density at radius 2 is 2.40 bits per heavy atom. The Kier molecular flexibility index (Phi) is 3.92. The molecule has 2 unspecified atom stereocenters.